The first-order valence-electron chi connectivity index (χ1n) is 8.01. The number of anilines is 1. The molecule has 1 N–H and O–H groups in total. The summed E-state index contributed by atoms with van der Waals surface area (Å²) in [4.78, 5) is 12.6. The SMILES string of the molecule is Cc1ccc(S(=O)(=O)N(NC(=O)c2ccccc2)c2ccccc2)cc1. The Hall–Kier alpha value is -3.12. The van der Waals surface area contributed by atoms with Crippen LogP contribution in [0.5, 0.6) is 0 Å². The van der Waals surface area contributed by atoms with Crippen molar-refractivity contribution in [2.75, 3.05) is 4.41 Å². The summed E-state index contributed by atoms with van der Waals surface area (Å²) < 4.78 is 27.2. The smallest absolute Gasteiger partial charge is 0.267 e. The highest BCUT2D eigenvalue weighted by molar-refractivity contribution is 7.92. The fourth-order valence-electron chi connectivity index (χ4n) is 2.39. The maximum atomic E-state index is 13.1. The van der Waals surface area contributed by atoms with Crippen LogP contribution < -0.4 is 9.84 Å². The minimum absolute atomic E-state index is 0.0975. The van der Waals surface area contributed by atoms with Gasteiger partial charge in [-0.15, -0.1) is 0 Å². The van der Waals surface area contributed by atoms with Crippen LogP contribution in [0.1, 0.15) is 15.9 Å². The van der Waals surface area contributed by atoms with E-state index in [4.69, 9.17) is 0 Å². The van der Waals surface area contributed by atoms with Gasteiger partial charge in [-0.3, -0.25) is 4.79 Å². The van der Waals surface area contributed by atoms with Gasteiger partial charge in [-0.2, -0.15) is 12.8 Å². The number of hydrogen-bond acceptors (Lipinski definition) is 3. The number of nitrogens with one attached hydrogen (secondary N) is 1. The average molecular weight is 366 g/mol. The standard InChI is InChI=1S/C20H18N2O3S/c1-16-12-14-19(15-13-16)26(24,25)22(18-10-6-3-7-11-18)21-20(23)17-8-4-2-5-9-17/h2-15H,1H3,(H,21,23). The van der Waals surface area contributed by atoms with Crippen LogP contribution in [0, 0.1) is 6.92 Å². The summed E-state index contributed by atoms with van der Waals surface area (Å²) in [6.45, 7) is 1.88. The van der Waals surface area contributed by atoms with E-state index < -0.39 is 15.9 Å². The number of nitrogens with zero attached hydrogens (tertiary/aromatic N) is 1. The summed E-state index contributed by atoms with van der Waals surface area (Å²) in [5, 5.41) is 0. The molecule has 0 fully saturated rings. The summed E-state index contributed by atoms with van der Waals surface area (Å²) in [7, 11) is -3.97. The summed E-state index contributed by atoms with van der Waals surface area (Å²) in [6, 6.07) is 23.4. The van der Waals surface area contributed by atoms with Crippen LogP contribution in [0.2, 0.25) is 0 Å². The summed E-state index contributed by atoms with van der Waals surface area (Å²) in [5.41, 5.74) is 4.17. The highest BCUT2D eigenvalue weighted by Gasteiger charge is 2.27. The molecule has 0 aromatic heterocycles. The van der Waals surface area contributed by atoms with Crippen LogP contribution in [0.25, 0.3) is 0 Å². The zero-order valence-corrected chi connectivity index (χ0v) is 15.0. The third-order valence-electron chi connectivity index (χ3n) is 3.79. The van der Waals surface area contributed by atoms with Crippen molar-refractivity contribution in [2.45, 2.75) is 11.8 Å². The van der Waals surface area contributed by atoms with E-state index in [2.05, 4.69) is 5.43 Å². The molecule has 0 unspecified atom stereocenters. The molecule has 0 aliphatic carbocycles. The maximum absolute atomic E-state index is 13.1. The van der Waals surface area contributed by atoms with Gasteiger partial charge in [0.2, 0.25) is 0 Å². The second kappa shape index (κ2) is 7.41. The highest BCUT2D eigenvalue weighted by Crippen LogP contribution is 2.22. The van der Waals surface area contributed by atoms with Crippen LogP contribution in [0.15, 0.2) is 89.8 Å². The molecule has 0 heterocycles. The van der Waals surface area contributed by atoms with Gasteiger partial charge in [-0.25, -0.2) is 5.43 Å². The Morgan fingerprint density at radius 3 is 1.92 bits per heavy atom. The number of para-hydroxylation sites is 1. The molecular weight excluding hydrogens is 348 g/mol. The zero-order valence-electron chi connectivity index (χ0n) is 14.2. The van der Waals surface area contributed by atoms with E-state index in [1.807, 2.05) is 6.92 Å². The molecule has 0 aliphatic heterocycles. The monoisotopic (exact) mass is 366 g/mol. The van der Waals surface area contributed by atoms with Gasteiger partial charge >= 0.3 is 0 Å². The van der Waals surface area contributed by atoms with E-state index in [-0.39, 0.29) is 4.90 Å². The van der Waals surface area contributed by atoms with Gasteiger partial charge in [0, 0.05) is 5.56 Å². The Kier molecular flexibility index (Phi) is 5.04. The van der Waals surface area contributed by atoms with Crippen LogP contribution in [0.4, 0.5) is 5.69 Å². The van der Waals surface area contributed by atoms with Crippen molar-refractivity contribution >= 4 is 21.6 Å². The number of carbonyl (C=O) groups is 1. The first-order chi connectivity index (χ1) is 12.5. The second-order valence-corrected chi connectivity index (χ2v) is 7.51. The van der Waals surface area contributed by atoms with E-state index in [1.54, 1.807) is 72.8 Å². The molecule has 0 aliphatic rings. The number of amides is 1. The lowest BCUT2D eigenvalue weighted by Gasteiger charge is -2.25. The predicted molar refractivity (Wildman–Crippen MR) is 101 cm³/mol. The molecule has 0 atom stereocenters. The van der Waals surface area contributed by atoms with E-state index >= 15 is 0 Å². The van der Waals surface area contributed by atoms with E-state index in [1.165, 1.54) is 12.1 Å². The zero-order chi connectivity index (χ0) is 18.6. The highest BCUT2D eigenvalue weighted by atomic mass is 32.2. The normalized spacial score (nSPS) is 11.0. The Morgan fingerprint density at radius 1 is 0.808 bits per heavy atom. The molecular formula is C20H18N2O3S. The topological polar surface area (TPSA) is 66.5 Å². The van der Waals surface area contributed by atoms with Gasteiger partial charge < -0.3 is 0 Å². The maximum Gasteiger partial charge on any atom is 0.281 e. The van der Waals surface area contributed by atoms with E-state index in [0.717, 1.165) is 9.98 Å². The molecule has 132 valence electrons. The van der Waals surface area contributed by atoms with Crippen LogP contribution in [-0.4, -0.2) is 14.3 Å². The van der Waals surface area contributed by atoms with Crippen molar-refractivity contribution in [2.24, 2.45) is 0 Å². The molecule has 3 rings (SSSR count). The number of aryl methyl sites for hydroxylation is 1. The molecule has 3 aromatic carbocycles. The van der Waals surface area contributed by atoms with Gasteiger partial charge in [-0.1, -0.05) is 54.1 Å². The van der Waals surface area contributed by atoms with Crippen molar-refractivity contribution in [1.29, 1.82) is 0 Å². The Labute approximate surface area is 152 Å². The number of carbonyl (C=O) groups excluding carboxylic acids is 1. The molecule has 26 heavy (non-hydrogen) atoms. The third-order valence-corrected chi connectivity index (χ3v) is 5.44. The molecule has 0 radical (unpaired) electrons. The average Bonchev–Trinajstić information content (AvgIpc) is 2.67. The van der Waals surface area contributed by atoms with Crippen LogP contribution in [-0.2, 0) is 10.0 Å². The molecule has 0 spiro atoms. The lowest BCUT2D eigenvalue weighted by molar-refractivity contribution is 0.0955. The fourth-order valence-corrected chi connectivity index (χ4v) is 3.68. The molecule has 1 amide bonds. The molecule has 0 saturated heterocycles. The summed E-state index contributed by atoms with van der Waals surface area (Å²) >= 11 is 0. The van der Waals surface area contributed by atoms with Crippen molar-refractivity contribution < 1.29 is 13.2 Å². The fraction of sp³-hybridized carbons (Fsp3) is 0.0500. The molecule has 0 bridgehead atoms. The summed E-state index contributed by atoms with van der Waals surface area (Å²) in [5.74, 6) is -0.509. The molecule has 0 saturated carbocycles. The lowest BCUT2D eigenvalue weighted by Crippen LogP contribution is -2.46. The number of hydrazine groups is 1. The van der Waals surface area contributed by atoms with Gasteiger partial charge in [0.05, 0.1) is 10.6 Å². The Balaban J connectivity index is 2.01. The van der Waals surface area contributed by atoms with Crippen molar-refractivity contribution in [1.82, 2.24) is 5.43 Å². The number of rotatable bonds is 5. The predicted octanol–water partition coefficient (Wildman–Crippen LogP) is 3.54. The first-order valence-corrected chi connectivity index (χ1v) is 9.45. The minimum atomic E-state index is -3.97. The number of benzene rings is 3. The second-order valence-electron chi connectivity index (χ2n) is 5.72. The first kappa shape index (κ1) is 17.7. The third kappa shape index (κ3) is 3.75. The Bertz CT molecular complexity index is 986. The number of hydrogen-bond donors (Lipinski definition) is 1. The molecule has 5 nitrogen and oxygen atoms in total. The van der Waals surface area contributed by atoms with Gasteiger partial charge in [0.1, 0.15) is 0 Å². The lowest BCUT2D eigenvalue weighted by atomic mass is 10.2. The van der Waals surface area contributed by atoms with E-state index in [0.29, 0.717) is 11.3 Å². The van der Waals surface area contributed by atoms with Crippen molar-refractivity contribution in [3.05, 3.63) is 96.1 Å². The quantitative estimate of drug-likeness (QED) is 0.703. The summed E-state index contributed by atoms with van der Waals surface area (Å²) in [6.07, 6.45) is 0. The van der Waals surface area contributed by atoms with Gasteiger partial charge in [0.25, 0.3) is 15.9 Å². The van der Waals surface area contributed by atoms with Crippen LogP contribution in [0.3, 0.4) is 0 Å². The van der Waals surface area contributed by atoms with Crippen LogP contribution >= 0.6 is 0 Å². The number of sulfonamides is 1. The van der Waals surface area contributed by atoms with Crippen molar-refractivity contribution in [3.63, 3.8) is 0 Å². The van der Waals surface area contributed by atoms with Gasteiger partial charge in [-0.05, 0) is 43.3 Å². The minimum Gasteiger partial charge on any atom is -0.267 e. The van der Waals surface area contributed by atoms with Gasteiger partial charge in [0.15, 0.2) is 0 Å². The molecule has 6 heteroatoms. The van der Waals surface area contributed by atoms with E-state index in [9.17, 15) is 13.2 Å². The largest absolute Gasteiger partial charge is 0.281 e. The Morgan fingerprint density at radius 2 is 1.35 bits per heavy atom. The molecule has 3 aromatic rings. The van der Waals surface area contributed by atoms with Crippen molar-refractivity contribution in [3.8, 4) is 0 Å².